The molecule has 3 aromatic carbocycles. The van der Waals surface area contributed by atoms with Crippen molar-refractivity contribution in [1.82, 2.24) is 25.1 Å². The van der Waals surface area contributed by atoms with Gasteiger partial charge in [-0.1, -0.05) is 30.3 Å². The fourth-order valence-electron chi connectivity index (χ4n) is 8.33. The van der Waals surface area contributed by atoms with E-state index in [2.05, 4.69) is 51.3 Å². The average molecular weight is 621 g/mol. The van der Waals surface area contributed by atoms with Gasteiger partial charge in [-0.2, -0.15) is 9.97 Å². The van der Waals surface area contributed by atoms with Gasteiger partial charge in [-0.3, -0.25) is 4.79 Å². The Morgan fingerprint density at radius 3 is 2.54 bits per heavy atom. The number of nitrogens with zero attached hydrogens (tertiary/aromatic N) is 5. The number of piperazine rings is 1. The molecule has 3 atom stereocenters. The number of hydrogen-bond acceptors (Lipinski definition) is 8. The number of benzene rings is 3. The second-order valence-corrected chi connectivity index (χ2v) is 13.9. The molecule has 0 unspecified atom stereocenters. The van der Waals surface area contributed by atoms with Crippen molar-refractivity contribution in [3.63, 3.8) is 0 Å². The fourth-order valence-corrected chi connectivity index (χ4v) is 8.33. The summed E-state index contributed by atoms with van der Waals surface area (Å²) in [6.45, 7) is 5.16. The number of phenols is 1. The molecule has 0 saturated carbocycles. The van der Waals surface area contributed by atoms with E-state index in [1.807, 2.05) is 24.3 Å². The van der Waals surface area contributed by atoms with E-state index < -0.39 is 0 Å². The highest BCUT2D eigenvalue weighted by Gasteiger charge is 2.43. The molecule has 9 heteroatoms. The first-order chi connectivity index (χ1) is 22.5. The molecule has 4 saturated heterocycles. The van der Waals surface area contributed by atoms with E-state index in [9.17, 15) is 9.90 Å². The Labute approximate surface area is 270 Å². The van der Waals surface area contributed by atoms with Crippen LogP contribution in [0.25, 0.3) is 32.8 Å². The summed E-state index contributed by atoms with van der Waals surface area (Å²) in [4.78, 5) is 30.5. The van der Waals surface area contributed by atoms with Crippen molar-refractivity contribution in [1.29, 1.82) is 0 Å². The van der Waals surface area contributed by atoms with E-state index in [4.69, 9.17) is 14.7 Å². The number of amides is 1. The molecule has 4 fully saturated rings. The molecule has 0 radical (unpaired) electrons. The van der Waals surface area contributed by atoms with Gasteiger partial charge in [0.2, 0.25) is 5.91 Å². The molecule has 240 valence electrons. The summed E-state index contributed by atoms with van der Waals surface area (Å²) in [5, 5.41) is 17.1. The van der Waals surface area contributed by atoms with Gasteiger partial charge in [0, 0.05) is 43.0 Å². The number of likely N-dealkylation sites (N-methyl/N-ethyl adjacent to an activating group) is 1. The molecule has 4 aliphatic heterocycles. The van der Waals surface area contributed by atoms with E-state index in [1.165, 1.54) is 6.42 Å². The lowest BCUT2D eigenvalue weighted by atomic mass is 9.94. The molecule has 2 N–H and O–H groups in total. The quantitative estimate of drug-likeness (QED) is 0.291. The number of fused-ring (bicyclic) bond motifs is 4. The van der Waals surface area contributed by atoms with Crippen molar-refractivity contribution in [2.45, 2.75) is 63.1 Å². The first-order valence-corrected chi connectivity index (χ1v) is 17.1. The van der Waals surface area contributed by atoms with E-state index in [0.717, 1.165) is 103 Å². The largest absolute Gasteiger partial charge is 0.508 e. The molecule has 9 nitrogen and oxygen atoms in total. The molecule has 1 aromatic heterocycles. The van der Waals surface area contributed by atoms with Crippen molar-refractivity contribution in [3.8, 4) is 22.9 Å². The van der Waals surface area contributed by atoms with E-state index in [0.29, 0.717) is 36.9 Å². The van der Waals surface area contributed by atoms with Crippen LogP contribution in [0.2, 0.25) is 0 Å². The maximum atomic E-state index is 13.4. The lowest BCUT2D eigenvalue weighted by molar-refractivity contribution is -0.133. The number of carbonyl (C=O) groups is 1. The predicted octanol–water partition coefficient (Wildman–Crippen LogP) is 5.20. The van der Waals surface area contributed by atoms with Gasteiger partial charge in [0.1, 0.15) is 18.2 Å². The lowest BCUT2D eigenvalue weighted by Crippen LogP contribution is -2.56. The number of piperidine rings is 1. The Morgan fingerprint density at radius 1 is 0.957 bits per heavy atom. The standard InChI is InChI=1S/C37H44N6O3/c1-41-16-4-6-29(41)23-46-37-39-34-19-26(33-20-30(44)18-25-5-2-3-7-31(25)33)8-11-32(34)36(40-37)43-27-9-10-28(43)22-42(21-27)35(45)17-24-12-14-38-15-13-24/h2-3,5,7-8,11,18-20,24,27-29,38,44H,4,6,9-10,12-17,21-23H2,1H3/t27-,28+,29-/m0/s1. The molecular formula is C37H44N6O3. The first kappa shape index (κ1) is 29.5. The minimum Gasteiger partial charge on any atom is -0.508 e. The van der Waals surface area contributed by atoms with Crippen LogP contribution in [0.15, 0.2) is 54.6 Å². The van der Waals surface area contributed by atoms with Gasteiger partial charge in [0.15, 0.2) is 0 Å². The van der Waals surface area contributed by atoms with Gasteiger partial charge in [0.05, 0.1) is 5.52 Å². The van der Waals surface area contributed by atoms with Crippen LogP contribution in [0.3, 0.4) is 0 Å². The normalized spacial score (nSPS) is 23.9. The van der Waals surface area contributed by atoms with Gasteiger partial charge >= 0.3 is 6.01 Å². The number of rotatable bonds is 7. The maximum absolute atomic E-state index is 13.4. The summed E-state index contributed by atoms with van der Waals surface area (Å²) in [6.07, 6.45) is 7.23. The van der Waals surface area contributed by atoms with E-state index in [1.54, 1.807) is 6.07 Å². The number of nitrogens with one attached hydrogen (secondary N) is 1. The first-order valence-electron chi connectivity index (χ1n) is 17.1. The minimum atomic E-state index is 0.220. The highest BCUT2D eigenvalue weighted by molar-refractivity contribution is 6.01. The van der Waals surface area contributed by atoms with Gasteiger partial charge in [-0.25, -0.2) is 0 Å². The second kappa shape index (κ2) is 12.3. The Balaban J connectivity index is 1.13. The predicted molar refractivity (Wildman–Crippen MR) is 181 cm³/mol. The zero-order valence-corrected chi connectivity index (χ0v) is 26.7. The molecule has 2 bridgehead atoms. The fraction of sp³-hybridized carbons (Fsp3) is 0.486. The summed E-state index contributed by atoms with van der Waals surface area (Å²) in [5.41, 5.74) is 2.78. The number of anilines is 1. The van der Waals surface area contributed by atoms with Crippen LogP contribution < -0.4 is 15.0 Å². The zero-order valence-electron chi connectivity index (χ0n) is 26.7. The van der Waals surface area contributed by atoms with Crippen LogP contribution in [0.1, 0.15) is 44.9 Å². The Morgan fingerprint density at radius 2 is 1.76 bits per heavy atom. The summed E-state index contributed by atoms with van der Waals surface area (Å²) in [5.74, 6) is 1.95. The van der Waals surface area contributed by atoms with Crippen molar-refractivity contribution in [3.05, 3.63) is 54.6 Å². The molecule has 4 aromatic rings. The molecule has 1 amide bonds. The van der Waals surface area contributed by atoms with Crippen LogP contribution in [0, 0.1) is 5.92 Å². The second-order valence-electron chi connectivity index (χ2n) is 13.9. The third-order valence-corrected chi connectivity index (χ3v) is 10.9. The molecular weight excluding hydrogens is 576 g/mol. The molecule has 4 aliphatic rings. The van der Waals surface area contributed by atoms with Crippen LogP contribution >= 0.6 is 0 Å². The van der Waals surface area contributed by atoms with Crippen molar-refractivity contribution < 1.29 is 14.6 Å². The summed E-state index contributed by atoms with van der Waals surface area (Å²) in [7, 11) is 2.16. The van der Waals surface area contributed by atoms with Crippen molar-refractivity contribution in [2.75, 3.05) is 51.3 Å². The Bertz CT molecular complexity index is 1740. The summed E-state index contributed by atoms with van der Waals surface area (Å²) in [6, 6.07) is 19.3. The highest BCUT2D eigenvalue weighted by Crippen LogP contribution is 2.40. The van der Waals surface area contributed by atoms with Crippen LogP contribution in [0.5, 0.6) is 11.8 Å². The van der Waals surface area contributed by atoms with Crippen LogP contribution in [-0.4, -0.2) is 95.3 Å². The minimum absolute atomic E-state index is 0.220. The Hall–Kier alpha value is -3.95. The third-order valence-electron chi connectivity index (χ3n) is 10.9. The number of hydrogen-bond donors (Lipinski definition) is 2. The SMILES string of the molecule is CN1CCC[C@H]1COc1nc(N2[C@@H]3CC[C@H]2CN(C(=O)CC2CCNCC2)C3)c2ccc(-c3cc(O)cc4ccccc34)cc2n1. The zero-order chi connectivity index (χ0) is 31.2. The average Bonchev–Trinajstić information content (AvgIpc) is 3.60. The molecule has 5 heterocycles. The number of phenolic OH excluding ortho intramolecular Hbond substituents is 1. The monoisotopic (exact) mass is 620 g/mol. The maximum Gasteiger partial charge on any atom is 0.319 e. The third kappa shape index (κ3) is 5.64. The topological polar surface area (TPSA) is 94.1 Å². The van der Waals surface area contributed by atoms with Gasteiger partial charge in [-0.05, 0) is 117 Å². The number of ether oxygens (including phenoxy) is 1. The molecule has 0 spiro atoms. The van der Waals surface area contributed by atoms with Crippen molar-refractivity contribution in [2.24, 2.45) is 5.92 Å². The van der Waals surface area contributed by atoms with Gasteiger partial charge in [0.25, 0.3) is 0 Å². The van der Waals surface area contributed by atoms with Gasteiger partial charge in [-0.15, -0.1) is 0 Å². The van der Waals surface area contributed by atoms with E-state index in [-0.39, 0.29) is 17.8 Å². The van der Waals surface area contributed by atoms with Gasteiger partial charge < -0.3 is 29.9 Å². The van der Waals surface area contributed by atoms with Crippen LogP contribution in [-0.2, 0) is 4.79 Å². The van der Waals surface area contributed by atoms with Crippen molar-refractivity contribution >= 4 is 33.4 Å². The van der Waals surface area contributed by atoms with Crippen LogP contribution in [0.4, 0.5) is 5.82 Å². The number of aromatic hydroxyl groups is 1. The smallest absolute Gasteiger partial charge is 0.319 e. The highest BCUT2D eigenvalue weighted by atomic mass is 16.5. The number of aromatic nitrogens is 2. The molecule has 8 rings (SSSR count). The lowest BCUT2D eigenvalue weighted by Gasteiger charge is -2.42. The number of likely N-dealkylation sites (tertiary alicyclic amines) is 2. The molecule has 46 heavy (non-hydrogen) atoms. The summed E-state index contributed by atoms with van der Waals surface area (Å²) >= 11 is 0. The van der Waals surface area contributed by atoms with E-state index >= 15 is 0 Å². The number of carbonyl (C=O) groups excluding carboxylic acids is 1. The Kier molecular flexibility index (Phi) is 7.90. The summed E-state index contributed by atoms with van der Waals surface area (Å²) < 4.78 is 6.37. The molecule has 0 aliphatic carbocycles.